The van der Waals surface area contributed by atoms with Crippen molar-refractivity contribution in [2.24, 2.45) is 0 Å². The molecule has 0 heterocycles. The molecule has 0 saturated heterocycles. The third-order valence-electron chi connectivity index (χ3n) is 3.91. The smallest absolute Gasteiger partial charge is 0.257 e. The van der Waals surface area contributed by atoms with Gasteiger partial charge in [-0.25, -0.2) is 13.1 Å². The Kier molecular flexibility index (Phi) is 6.36. The van der Waals surface area contributed by atoms with Crippen LogP contribution < -0.4 is 10.0 Å². The largest absolute Gasteiger partial charge is 0.322 e. The van der Waals surface area contributed by atoms with Gasteiger partial charge in [0.1, 0.15) is 0 Å². The van der Waals surface area contributed by atoms with Gasteiger partial charge in [-0.2, -0.15) is 0 Å². The molecule has 2 N–H and O–H groups in total. The van der Waals surface area contributed by atoms with Gasteiger partial charge in [-0.3, -0.25) is 4.79 Å². The molecule has 0 aliphatic carbocycles. The maximum atomic E-state index is 12.4. The lowest BCUT2D eigenvalue weighted by Crippen LogP contribution is -2.23. The van der Waals surface area contributed by atoms with E-state index in [1.54, 1.807) is 6.07 Å². The molecule has 3 rings (SSSR count). The van der Waals surface area contributed by atoms with Gasteiger partial charge in [-0.15, -0.1) is 0 Å². The monoisotopic (exact) mass is 434 g/mol. The highest BCUT2D eigenvalue weighted by molar-refractivity contribution is 7.89. The number of benzene rings is 3. The Balaban J connectivity index is 1.67. The van der Waals surface area contributed by atoms with E-state index in [2.05, 4.69) is 10.0 Å². The fourth-order valence-corrected chi connectivity index (χ4v) is 3.96. The summed E-state index contributed by atoms with van der Waals surface area (Å²) >= 11 is 11.9. The van der Waals surface area contributed by atoms with E-state index in [1.807, 2.05) is 30.3 Å². The summed E-state index contributed by atoms with van der Waals surface area (Å²) in [6.45, 7) is 0.191. The van der Waals surface area contributed by atoms with Gasteiger partial charge >= 0.3 is 0 Å². The molecule has 0 saturated carbocycles. The molecular formula is C20H16Cl2N2O3S. The molecule has 0 atom stereocenters. The Hall–Kier alpha value is -2.38. The lowest BCUT2D eigenvalue weighted by molar-refractivity contribution is 0.102. The summed E-state index contributed by atoms with van der Waals surface area (Å²) in [5, 5.41) is 3.33. The molecule has 144 valence electrons. The van der Waals surface area contributed by atoms with E-state index < -0.39 is 15.9 Å². The molecular weight excluding hydrogens is 419 g/mol. The van der Waals surface area contributed by atoms with Crippen molar-refractivity contribution in [3.05, 3.63) is 94.0 Å². The number of amides is 1. The van der Waals surface area contributed by atoms with Crippen LogP contribution in [0.15, 0.2) is 77.7 Å². The van der Waals surface area contributed by atoms with Crippen LogP contribution in [0.25, 0.3) is 0 Å². The highest BCUT2D eigenvalue weighted by Gasteiger charge is 2.15. The van der Waals surface area contributed by atoms with Gasteiger partial charge < -0.3 is 5.32 Å². The molecule has 3 aromatic rings. The molecule has 0 aromatic heterocycles. The van der Waals surface area contributed by atoms with E-state index in [9.17, 15) is 13.2 Å². The summed E-state index contributed by atoms with van der Waals surface area (Å²) in [4.78, 5) is 12.4. The second-order valence-corrected chi connectivity index (χ2v) is 8.52. The minimum Gasteiger partial charge on any atom is -0.322 e. The van der Waals surface area contributed by atoms with E-state index in [-0.39, 0.29) is 22.0 Å². The Bertz CT molecular complexity index is 1090. The Morgan fingerprint density at radius 3 is 2.21 bits per heavy atom. The molecule has 0 bridgehead atoms. The quantitative estimate of drug-likeness (QED) is 0.588. The predicted molar refractivity (Wildman–Crippen MR) is 111 cm³/mol. The van der Waals surface area contributed by atoms with Crippen LogP contribution in [-0.2, 0) is 16.6 Å². The molecule has 0 aliphatic rings. The van der Waals surface area contributed by atoms with Gasteiger partial charge in [0.25, 0.3) is 5.91 Å². The molecule has 3 aromatic carbocycles. The van der Waals surface area contributed by atoms with E-state index in [1.165, 1.54) is 36.4 Å². The zero-order valence-electron chi connectivity index (χ0n) is 14.5. The summed E-state index contributed by atoms with van der Waals surface area (Å²) in [7, 11) is -3.67. The van der Waals surface area contributed by atoms with Gasteiger partial charge in [0.15, 0.2) is 0 Å². The molecule has 0 spiro atoms. The van der Waals surface area contributed by atoms with Gasteiger partial charge in [-0.1, -0.05) is 53.5 Å². The molecule has 28 heavy (non-hydrogen) atoms. The third-order valence-corrected chi connectivity index (χ3v) is 5.87. The first-order valence-electron chi connectivity index (χ1n) is 8.25. The highest BCUT2D eigenvalue weighted by atomic mass is 35.5. The average Bonchev–Trinajstić information content (AvgIpc) is 2.67. The fourth-order valence-electron chi connectivity index (χ4n) is 2.45. The van der Waals surface area contributed by atoms with E-state index in [4.69, 9.17) is 23.2 Å². The first-order chi connectivity index (χ1) is 13.3. The zero-order valence-corrected chi connectivity index (χ0v) is 16.9. The van der Waals surface area contributed by atoms with Crippen molar-refractivity contribution in [1.29, 1.82) is 0 Å². The van der Waals surface area contributed by atoms with Crippen LogP contribution in [0.5, 0.6) is 0 Å². The Morgan fingerprint density at radius 2 is 1.57 bits per heavy atom. The van der Waals surface area contributed by atoms with Gasteiger partial charge in [0, 0.05) is 17.3 Å². The lowest BCUT2D eigenvalue weighted by Gasteiger charge is -2.09. The van der Waals surface area contributed by atoms with Crippen molar-refractivity contribution >= 4 is 44.8 Å². The second-order valence-electron chi connectivity index (χ2n) is 5.91. The molecule has 0 radical (unpaired) electrons. The first kappa shape index (κ1) is 20.4. The number of carbonyl (C=O) groups is 1. The summed E-state index contributed by atoms with van der Waals surface area (Å²) in [6, 6.07) is 19.7. The van der Waals surface area contributed by atoms with Crippen molar-refractivity contribution in [2.75, 3.05) is 5.32 Å². The van der Waals surface area contributed by atoms with Crippen molar-refractivity contribution < 1.29 is 13.2 Å². The molecule has 0 aliphatic heterocycles. The Labute approximate surface area is 173 Å². The first-order valence-corrected chi connectivity index (χ1v) is 10.5. The number of nitrogens with one attached hydrogen (secondary N) is 2. The number of carbonyl (C=O) groups excluding carboxylic acids is 1. The van der Waals surface area contributed by atoms with Crippen molar-refractivity contribution in [2.45, 2.75) is 11.4 Å². The zero-order chi connectivity index (χ0) is 20.1. The molecule has 1 amide bonds. The van der Waals surface area contributed by atoms with Crippen molar-refractivity contribution in [3.63, 3.8) is 0 Å². The number of anilines is 1. The number of sulfonamides is 1. The molecule has 5 nitrogen and oxygen atoms in total. The van der Waals surface area contributed by atoms with Crippen LogP contribution in [0.1, 0.15) is 15.9 Å². The van der Waals surface area contributed by atoms with Crippen LogP contribution in [0.3, 0.4) is 0 Å². The number of halogens is 2. The third kappa shape index (κ3) is 5.11. The summed E-state index contributed by atoms with van der Waals surface area (Å²) in [5.74, 6) is -0.417. The van der Waals surface area contributed by atoms with Crippen molar-refractivity contribution in [3.8, 4) is 0 Å². The summed E-state index contributed by atoms with van der Waals surface area (Å²) < 4.78 is 27.4. The van der Waals surface area contributed by atoms with Gasteiger partial charge in [-0.05, 0) is 48.0 Å². The minimum atomic E-state index is -3.67. The van der Waals surface area contributed by atoms with Crippen LogP contribution in [0.4, 0.5) is 5.69 Å². The van der Waals surface area contributed by atoms with Crippen LogP contribution in [0.2, 0.25) is 10.0 Å². The molecule has 8 heteroatoms. The van der Waals surface area contributed by atoms with Crippen molar-refractivity contribution in [1.82, 2.24) is 4.72 Å². The van der Waals surface area contributed by atoms with Crippen LogP contribution in [-0.4, -0.2) is 14.3 Å². The number of hydrogen-bond donors (Lipinski definition) is 2. The van der Waals surface area contributed by atoms with Crippen LogP contribution >= 0.6 is 23.2 Å². The van der Waals surface area contributed by atoms with E-state index in [0.29, 0.717) is 10.7 Å². The van der Waals surface area contributed by atoms with Gasteiger partial charge in [0.2, 0.25) is 10.0 Å². The second kappa shape index (κ2) is 8.75. The maximum absolute atomic E-state index is 12.4. The minimum absolute atomic E-state index is 0.103. The Morgan fingerprint density at radius 1 is 0.893 bits per heavy atom. The lowest BCUT2D eigenvalue weighted by atomic mass is 10.2. The molecule has 0 fully saturated rings. The highest BCUT2D eigenvalue weighted by Crippen LogP contribution is 2.22. The summed E-state index contributed by atoms with van der Waals surface area (Å²) in [6.07, 6.45) is 0. The van der Waals surface area contributed by atoms with E-state index in [0.717, 1.165) is 5.56 Å². The normalized spacial score (nSPS) is 11.2. The standard InChI is InChI=1S/C20H16Cl2N2O3S/c21-15-6-11-18(19(22)12-15)20(25)24-16-7-9-17(10-8-16)28(26,27)23-13-14-4-2-1-3-5-14/h1-12,23H,13H2,(H,24,25). The summed E-state index contributed by atoms with van der Waals surface area (Å²) in [5.41, 5.74) is 1.57. The predicted octanol–water partition coefficient (Wildman–Crippen LogP) is 4.72. The van der Waals surface area contributed by atoms with E-state index >= 15 is 0 Å². The maximum Gasteiger partial charge on any atom is 0.257 e. The SMILES string of the molecule is O=C(Nc1ccc(S(=O)(=O)NCc2ccccc2)cc1)c1ccc(Cl)cc1Cl. The van der Waals surface area contributed by atoms with Gasteiger partial charge in [0.05, 0.1) is 15.5 Å². The number of rotatable bonds is 6. The topological polar surface area (TPSA) is 75.3 Å². The fraction of sp³-hybridized carbons (Fsp3) is 0.0500. The average molecular weight is 435 g/mol. The molecule has 0 unspecified atom stereocenters. The van der Waals surface area contributed by atoms with Crippen LogP contribution in [0, 0.1) is 0 Å². The number of hydrogen-bond acceptors (Lipinski definition) is 3.